The Hall–Kier alpha value is -0.810. The largest absolute Gasteiger partial charge is 0.381 e. The lowest BCUT2D eigenvalue weighted by molar-refractivity contribution is 0.0545. The summed E-state index contributed by atoms with van der Waals surface area (Å²) in [6.45, 7) is 8.16. The third kappa shape index (κ3) is 4.35. The third-order valence-electron chi connectivity index (χ3n) is 4.02. The first-order chi connectivity index (χ1) is 9.16. The number of carbonyl (C=O) groups excluding carboxylic acids is 1. The summed E-state index contributed by atoms with van der Waals surface area (Å²) in [4.78, 5) is 11.7. The monoisotopic (exact) mass is 270 g/mol. The van der Waals surface area contributed by atoms with Crippen LogP contribution in [0, 0.1) is 17.8 Å². The molecule has 110 valence electrons. The number of rotatable bonds is 5. The smallest absolute Gasteiger partial charge is 0.314 e. The Morgan fingerprint density at radius 2 is 2.00 bits per heavy atom. The van der Waals surface area contributed by atoms with Crippen LogP contribution in [0.25, 0.3) is 0 Å². The van der Waals surface area contributed by atoms with E-state index in [-0.39, 0.29) is 12.1 Å². The first-order valence-corrected chi connectivity index (χ1v) is 7.38. The number of amides is 2. The van der Waals surface area contributed by atoms with Crippen molar-refractivity contribution in [2.75, 3.05) is 32.9 Å². The van der Waals surface area contributed by atoms with E-state index in [9.17, 15) is 4.79 Å². The van der Waals surface area contributed by atoms with Crippen molar-refractivity contribution in [3.63, 3.8) is 0 Å². The highest BCUT2D eigenvalue weighted by Crippen LogP contribution is 2.25. The van der Waals surface area contributed by atoms with Crippen LogP contribution in [0.15, 0.2) is 0 Å². The van der Waals surface area contributed by atoms with Crippen molar-refractivity contribution >= 4 is 6.03 Å². The normalized spacial score (nSPS) is 30.8. The topological polar surface area (TPSA) is 59.6 Å². The summed E-state index contributed by atoms with van der Waals surface area (Å²) in [5.41, 5.74) is 0. The van der Waals surface area contributed by atoms with Crippen molar-refractivity contribution < 1.29 is 14.3 Å². The van der Waals surface area contributed by atoms with E-state index in [1.165, 1.54) is 0 Å². The molecule has 2 N–H and O–H groups in total. The summed E-state index contributed by atoms with van der Waals surface area (Å²) < 4.78 is 11.0. The van der Waals surface area contributed by atoms with Gasteiger partial charge in [-0.15, -0.1) is 0 Å². The molecule has 0 aliphatic carbocycles. The van der Waals surface area contributed by atoms with Gasteiger partial charge in [0.15, 0.2) is 0 Å². The van der Waals surface area contributed by atoms with Crippen LogP contribution in [-0.4, -0.2) is 45.0 Å². The predicted octanol–water partition coefficient (Wildman–Crippen LogP) is 1.38. The highest BCUT2D eigenvalue weighted by Gasteiger charge is 2.30. The second-order valence-electron chi connectivity index (χ2n) is 5.95. The molecular weight excluding hydrogens is 244 g/mol. The SMILES string of the molecule is CC(C)[C@H]1OCC[C@@H]1CNC(=O)NC[C@H]1CCOC1. The highest BCUT2D eigenvalue weighted by molar-refractivity contribution is 5.73. The zero-order valence-electron chi connectivity index (χ0n) is 12.0. The Morgan fingerprint density at radius 1 is 1.21 bits per heavy atom. The minimum atomic E-state index is -0.0682. The molecule has 0 aromatic carbocycles. The van der Waals surface area contributed by atoms with E-state index >= 15 is 0 Å². The van der Waals surface area contributed by atoms with Crippen molar-refractivity contribution in [1.82, 2.24) is 10.6 Å². The summed E-state index contributed by atoms with van der Waals surface area (Å²) in [5, 5.41) is 5.88. The maximum Gasteiger partial charge on any atom is 0.314 e. The van der Waals surface area contributed by atoms with Crippen molar-refractivity contribution in [2.24, 2.45) is 17.8 Å². The first-order valence-electron chi connectivity index (χ1n) is 7.38. The van der Waals surface area contributed by atoms with Crippen LogP contribution in [0.5, 0.6) is 0 Å². The molecule has 2 aliphatic heterocycles. The zero-order chi connectivity index (χ0) is 13.7. The summed E-state index contributed by atoms with van der Waals surface area (Å²) in [5.74, 6) is 1.43. The van der Waals surface area contributed by atoms with E-state index in [1.54, 1.807) is 0 Å². The fraction of sp³-hybridized carbons (Fsp3) is 0.929. The van der Waals surface area contributed by atoms with Gasteiger partial charge in [-0.2, -0.15) is 0 Å². The van der Waals surface area contributed by atoms with Crippen molar-refractivity contribution in [3.8, 4) is 0 Å². The minimum absolute atomic E-state index is 0.0682. The molecule has 3 atom stereocenters. The quantitative estimate of drug-likeness (QED) is 0.793. The Kier molecular flexibility index (Phi) is 5.45. The average Bonchev–Trinajstić information content (AvgIpc) is 3.04. The Labute approximate surface area is 115 Å². The van der Waals surface area contributed by atoms with Gasteiger partial charge in [-0.3, -0.25) is 0 Å². The molecule has 0 aromatic heterocycles. The Morgan fingerprint density at radius 3 is 2.68 bits per heavy atom. The standard InChI is InChI=1S/C14H26N2O3/c1-10(2)13-12(4-6-19-13)8-16-14(17)15-7-11-3-5-18-9-11/h10-13H,3-9H2,1-2H3,(H2,15,16,17)/t11-,12-,13-/m1/s1. The second kappa shape index (κ2) is 7.10. The van der Waals surface area contributed by atoms with Crippen molar-refractivity contribution in [1.29, 1.82) is 0 Å². The predicted molar refractivity (Wildman–Crippen MR) is 73.0 cm³/mol. The molecular formula is C14H26N2O3. The molecule has 2 aliphatic rings. The molecule has 0 radical (unpaired) electrons. The molecule has 0 unspecified atom stereocenters. The van der Waals surface area contributed by atoms with Gasteiger partial charge in [0.1, 0.15) is 0 Å². The van der Waals surface area contributed by atoms with Gasteiger partial charge in [0.05, 0.1) is 12.7 Å². The molecule has 2 amide bonds. The highest BCUT2D eigenvalue weighted by atomic mass is 16.5. The molecule has 0 saturated carbocycles. The van der Waals surface area contributed by atoms with Crippen molar-refractivity contribution in [2.45, 2.75) is 32.8 Å². The van der Waals surface area contributed by atoms with Gasteiger partial charge in [-0.25, -0.2) is 4.79 Å². The van der Waals surface area contributed by atoms with Crippen molar-refractivity contribution in [3.05, 3.63) is 0 Å². The third-order valence-corrected chi connectivity index (χ3v) is 4.02. The fourth-order valence-electron chi connectivity index (χ4n) is 2.88. The molecule has 19 heavy (non-hydrogen) atoms. The summed E-state index contributed by atoms with van der Waals surface area (Å²) in [6.07, 6.45) is 2.37. The zero-order valence-corrected chi connectivity index (χ0v) is 12.0. The van der Waals surface area contributed by atoms with Gasteiger partial charge in [-0.1, -0.05) is 13.8 Å². The van der Waals surface area contributed by atoms with Gasteiger partial charge < -0.3 is 20.1 Å². The van der Waals surface area contributed by atoms with Crippen LogP contribution < -0.4 is 10.6 Å². The fourth-order valence-corrected chi connectivity index (χ4v) is 2.88. The van der Waals surface area contributed by atoms with Gasteiger partial charge >= 0.3 is 6.03 Å². The Balaban J connectivity index is 1.62. The maximum absolute atomic E-state index is 11.7. The molecule has 2 saturated heterocycles. The summed E-state index contributed by atoms with van der Waals surface area (Å²) in [7, 11) is 0. The lowest BCUT2D eigenvalue weighted by atomic mass is 9.93. The number of nitrogens with one attached hydrogen (secondary N) is 2. The lowest BCUT2D eigenvalue weighted by Gasteiger charge is -2.22. The van der Waals surface area contributed by atoms with Crippen LogP contribution in [-0.2, 0) is 9.47 Å². The van der Waals surface area contributed by atoms with Crippen LogP contribution in [0.2, 0.25) is 0 Å². The average molecular weight is 270 g/mol. The minimum Gasteiger partial charge on any atom is -0.381 e. The molecule has 2 fully saturated rings. The number of ether oxygens (including phenoxy) is 2. The van der Waals surface area contributed by atoms with Gasteiger partial charge in [-0.05, 0) is 18.8 Å². The van der Waals surface area contributed by atoms with Crippen LogP contribution in [0.4, 0.5) is 4.79 Å². The van der Waals surface area contributed by atoms with Crippen LogP contribution in [0.1, 0.15) is 26.7 Å². The number of urea groups is 1. The molecule has 0 aromatic rings. The molecule has 0 spiro atoms. The molecule has 2 heterocycles. The molecule has 2 rings (SSSR count). The number of hydrogen-bond donors (Lipinski definition) is 2. The van der Waals surface area contributed by atoms with Gasteiger partial charge in [0.25, 0.3) is 0 Å². The van der Waals surface area contributed by atoms with E-state index in [2.05, 4.69) is 24.5 Å². The van der Waals surface area contributed by atoms with Crippen LogP contribution in [0.3, 0.4) is 0 Å². The number of hydrogen-bond acceptors (Lipinski definition) is 3. The van der Waals surface area contributed by atoms with E-state index in [0.29, 0.717) is 30.8 Å². The van der Waals surface area contributed by atoms with E-state index in [0.717, 1.165) is 32.7 Å². The molecule has 0 bridgehead atoms. The van der Waals surface area contributed by atoms with Gasteiger partial charge in [0.2, 0.25) is 0 Å². The lowest BCUT2D eigenvalue weighted by Crippen LogP contribution is -2.42. The Bertz CT molecular complexity index is 290. The molecule has 5 nitrogen and oxygen atoms in total. The van der Waals surface area contributed by atoms with E-state index in [4.69, 9.17) is 9.47 Å². The van der Waals surface area contributed by atoms with Gasteiger partial charge in [0, 0.05) is 38.1 Å². The summed E-state index contributed by atoms with van der Waals surface area (Å²) in [6, 6.07) is -0.0682. The maximum atomic E-state index is 11.7. The first kappa shape index (κ1) is 14.6. The van der Waals surface area contributed by atoms with Crippen LogP contribution >= 0.6 is 0 Å². The number of carbonyl (C=O) groups is 1. The summed E-state index contributed by atoms with van der Waals surface area (Å²) >= 11 is 0. The molecule has 5 heteroatoms. The van der Waals surface area contributed by atoms with E-state index in [1.807, 2.05) is 0 Å². The van der Waals surface area contributed by atoms with E-state index < -0.39 is 0 Å². The second-order valence-corrected chi connectivity index (χ2v) is 5.95.